The molecule has 1 aromatic carbocycles. The van der Waals surface area contributed by atoms with Gasteiger partial charge in [0, 0.05) is 13.1 Å². The summed E-state index contributed by atoms with van der Waals surface area (Å²) >= 11 is 0. The van der Waals surface area contributed by atoms with Crippen LogP contribution in [0.5, 0.6) is 11.5 Å². The third-order valence-corrected chi connectivity index (χ3v) is 3.40. The zero-order chi connectivity index (χ0) is 14.1. The standard InChI is InChI=1S/C14H17N3O3/c1-17-7-10(8-17)19-13-5-9(3-4-12(13)18-2)11-6-16-20-14(11)15/h3-6,10H,7-8,15H2,1-2H3. The van der Waals surface area contributed by atoms with E-state index in [-0.39, 0.29) is 6.10 Å². The molecular formula is C14H17N3O3. The molecule has 1 aliphatic heterocycles. The van der Waals surface area contributed by atoms with Crippen molar-refractivity contribution in [2.24, 2.45) is 0 Å². The minimum atomic E-state index is 0.198. The fraction of sp³-hybridized carbons (Fsp3) is 0.357. The van der Waals surface area contributed by atoms with E-state index in [1.807, 2.05) is 18.2 Å². The summed E-state index contributed by atoms with van der Waals surface area (Å²) in [6.45, 7) is 1.84. The van der Waals surface area contributed by atoms with Gasteiger partial charge in [0.1, 0.15) is 6.10 Å². The summed E-state index contributed by atoms with van der Waals surface area (Å²) < 4.78 is 16.2. The molecule has 0 radical (unpaired) electrons. The maximum Gasteiger partial charge on any atom is 0.229 e. The van der Waals surface area contributed by atoms with Crippen LogP contribution < -0.4 is 15.2 Å². The first-order valence-electron chi connectivity index (χ1n) is 6.41. The van der Waals surface area contributed by atoms with Crippen LogP contribution >= 0.6 is 0 Å². The van der Waals surface area contributed by atoms with Gasteiger partial charge in [-0.15, -0.1) is 0 Å². The van der Waals surface area contributed by atoms with Gasteiger partial charge in [0.15, 0.2) is 11.5 Å². The minimum Gasteiger partial charge on any atom is -0.493 e. The topological polar surface area (TPSA) is 73.8 Å². The second kappa shape index (κ2) is 5.05. The Morgan fingerprint density at radius 2 is 2.15 bits per heavy atom. The number of likely N-dealkylation sites (tertiary alicyclic amines) is 1. The monoisotopic (exact) mass is 275 g/mol. The predicted molar refractivity (Wildman–Crippen MR) is 74.8 cm³/mol. The summed E-state index contributed by atoms with van der Waals surface area (Å²) in [5, 5.41) is 3.69. The number of nitrogens with zero attached hydrogens (tertiary/aromatic N) is 2. The Bertz CT molecular complexity index is 605. The lowest BCUT2D eigenvalue weighted by atomic mass is 10.1. The first-order valence-corrected chi connectivity index (χ1v) is 6.41. The van der Waals surface area contributed by atoms with Crippen LogP contribution in [0.1, 0.15) is 0 Å². The number of nitrogens with two attached hydrogens (primary N) is 1. The summed E-state index contributed by atoms with van der Waals surface area (Å²) in [5.74, 6) is 1.71. The van der Waals surface area contributed by atoms with Crippen LogP contribution in [0.2, 0.25) is 0 Å². The lowest BCUT2D eigenvalue weighted by Crippen LogP contribution is -2.51. The summed E-state index contributed by atoms with van der Waals surface area (Å²) in [6, 6.07) is 5.67. The summed E-state index contributed by atoms with van der Waals surface area (Å²) in [4.78, 5) is 2.19. The lowest BCUT2D eigenvalue weighted by molar-refractivity contribution is 0.0370. The van der Waals surface area contributed by atoms with Crippen molar-refractivity contribution in [3.63, 3.8) is 0 Å². The van der Waals surface area contributed by atoms with Gasteiger partial charge >= 0.3 is 0 Å². The van der Waals surface area contributed by atoms with E-state index in [2.05, 4.69) is 17.1 Å². The molecule has 3 rings (SSSR count). The van der Waals surface area contributed by atoms with Crippen molar-refractivity contribution in [1.29, 1.82) is 0 Å². The molecule has 1 aromatic heterocycles. The number of hydrogen-bond donors (Lipinski definition) is 1. The summed E-state index contributed by atoms with van der Waals surface area (Å²) in [6.07, 6.45) is 1.79. The molecule has 6 heteroatoms. The van der Waals surface area contributed by atoms with Gasteiger partial charge in [0.2, 0.25) is 5.88 Å². The maximum absolute atomic E-state index is 5.96. The highest BCUT2D eigenvalue weighted by Gasteiger charge is 2.26. The Morgan fingerprint density at radius 3 is 2.75 bits per heavy atom. The molecule has 1 aliphatic rings. The minimum absolute atomic E-state index is 0.198. The summed E-state index contributed by atoms with van der Waals surface area (Å²) in [7, 11) is 3.69. The molecule has 20 heavy (non-hydrogen) atoms. The number of methoxy groups -OCH3 is 1. The molecule has 6 nitrogen and oxygen atoms in total. The quantitative estimate of drug-likeness (QED) is 0.914. The van der Waals surface area contributed by atoms with Gasteiger partial charge in [-0.1, -0.05) is 11.2 Å². The largest absolute Gasteiger partial charge is 0.493 e. The fourth-order valence-electron chi connectivity index (χ4n) is 2.30. The SMILES string of the molecule is COc1ccc(-c2cnoc2N)cc1OC1CN(C)C1. The van der Waals surface area contributed by atoms with Crippen LogP contribution in [-0.4, -0.2) is 43.4 Å². The van der Waals surface area contributed by atoms with E-state index >= 15 is 0 Å². The third kappa shape index (κ3) is 2.30. The van der Waals surface area contributed by atoms with E-state index in [1.54, 1.807) is 13.3 Å². The van der Waals surface area contributed by atoms with Crippen molar-refractivity contribution < 1.29 is 14.0 Å². The average molecular weight is 275 g/mol. The number of benzene rings is 1. The fourth-order valence-corrected chi connectivity index (χ4v) is 2.30. The Kier molecular flexibility index (Phi) is 3.23. The van der Waals surface area contributed by atoms with E-state index in [1.165, 1.54) is 0 Å². The van der Waals surface area contributed by atoms with Crippen LogP contribution in [0, 0.1) is 0 Å². The molecule has 0 saturated carbocycles. The van der Waals surface area contributed by atoms with Gasteiger partial charge in [0.05, 0.1) is 18.9 Å². The number of rotatable bonds is 4. The van der Waals surface area contributed by atoms with Crippen molar-refractivity contribution in [3.8, 4) is 22.6 Å². The molecule has 0 aliphatic carbocycles. The van der Waals surface area contributed by atoms with Crippen molar-refractivity contribution in [2.75, 3.05) is 33.0 Å². The smallest absolute Gasteiger partial charge is 0.229 e. The highest BCUT2D eigenvalue weighted by molar-refractivity contribution is 5.74. The third-order valence-electron chi connectivity index (χ3n) is 3.40. The Labute approximate surface area is 117 Å². The molecule has 106 valence electrons. The van der Waals surface area contributed by atoms with Gasteiger partial charge in [-0.25, -0.2) is 0 Å². The van der Waals surface area contributed by atoms with Crippen molar-refractivity contribution in [2.45, 2.75) is 6.10 Å². The van der Waals surface area contributed by atoms with Gasteiger partial charge in [-0.05, 0) is 24.7 Å². The van der Waals surface area contributed by atoms with Crippen LogP contribution in [0.15, 0.2) is 28.9 Å². The van der Waals surface area contributed by atoms with Crippen molar-refractivity contribution in [3.05, 3.63) is 24.4 Å². The van der Waals surface area contributed by atoms with Gasteiger partial charge in [-0.2, -0.15) is 0 Å². The molecule has 0 amide bonds. The molecule has 0 atom stereocenters. The second-order valence-corrected chi connectivity index (χ2v) is 4.93. The molecule has 2 N–H and O–H groups in total. The van der Waals surface area contributed by atoms with Crippen molar-refractivity contribution in [1.82, 2.24) is 10.1 Å². The zero-order valence-electron chi connectivity index (χ0n) is 11.5. The van der Waals surface area contributed by atoms with E-state index in [4.69, 9.17) is 19.7 Å². The molecule has 1 fully saturated rings. The number of nitrogen functional groups attached to an aromatic ring is 1. The van der Waals surface area contributed by atoms with Crippen LogP contribution in [0.4, 0.5) is 5.88 Å². The molecule has 0 spiro atoms. The maximum atomic E-state index is 5.96. The van der Waals surface area contributed by atoms with Crippen LogP contribution in [0.3, 0.4) is 0 Å². The van der Waals surface area contributed by atoms with Crippen LogP contribution in [-0.2, 0) is 0 Å². The lowest BCUT2D eigenvalue weighted by Gasteiger charge is -2.36. The number of hydrogen-bond acceptors (Lipinski definition) is 6. The molecule has 2 heterocycles. The first-order chi connectivity index (χ1) is 9.67. The highest BCUT2D eigenvalue weighted by atomic mass is 16.5. The zero-order valence-corrected chi connectivity index (χ0v) is 11.5. The molecule has 1 saturated heterocycles. The van der Waals surface area contributed by atoms with Gasteiger partial charge in [0.25, 0.3) is 0 Å². The first kappa shape index (κ1) is 12.8. The normalized spacial score (nSPS) is 15.9. The van der Waals surface area contributed by atoms with Gasteiger partial charge < -0.3 is 19.7 Å². The Hall–Kier alpha value is -2.21. The predicted octanol–water partition coefficient (Wildman–Crippen LogP) is 1.63. The number of anilines is 1. The Balaban J connectivity index is 1.89. The molecular weight excluding hydrogens is 258 g/mol. The van der Waals surface area contributed by atoms with E-state index in [0.717, 1.165) is 24.2 Å². The number of aromatic nitrogens is 1. The second-order valence-electron chi connectivity index (χ2n) is 4.93. The molecule has 2 aromatic rings. The highest BCUT2D eigenvalue weighted by Crippen LogP contribution is 2.35. The van der Waals surface area contributed by atoms with Crippen molar-refractivity contribution >= 4 is 5.88 Å². The van der Waals surface area contributed by atoms with Gasteiger partial charge in [-0.3, -0.25) is 4.90 Å². The number of likely N-dealkylation sites (N-methyl/N-ethyl adjacent to an activating group) is 1. The number of ether oxygens (including phenoxy) is 2. The molecule has 0 unspecified atom stereocenters. The van der Waals surface area contributed by atoms with E-state index in [9.17, 15) is 0 Å². The average Bonchev–Trinajstić information content (AvgIpc) is 2.83. The summed E-state index contributed by atoms with van der Waals surface area (Å²) in [5.41, 5.74) is 7.39. The van der Waals surface area contributed by atoms with Crippen LogP contribution in [0.25, 0.3) is 11.1 Å². The molecule has 0 bridgehead atoms. The Morgan fingerprint density at radius 1 is 1.35 bits per heavy atom. The van der Waals surface area contributed by atoms with E-state index < -0.39 is 0 Å². The van der Waals surface area contributed by atoms with E-state index in [0.29, 0.717) is 17.4 Å².